The minimum Gasteiger partial charge on any atom is -0.368 e. The van der Waals surface area contributed by atoms with Crippen molar-refractivity contribution in [2.75, 3.05) is 6.29 Å². The summed E-state index contributed by atoms with van der Waals surface area (Å²) in [6.45, 7) is 0. The van der Waals surface area contributed by atoms with Gasteiger partial charge in [-0.3, -0.25) is 19.2 Å². The normalized spacial score (nSPS) is 14.1. The molecule has 0 aliphatic heterocycles. The molecule has 0 aliphatic rings. The molecule has 0 aliphatic carbocycles. The molecule has 0 saturated heterocycles. The van der Waals surface area contributed by atoms with Crippen molar-refractivity contribution in [2.24, 2.45) is 5.73 Å². The van der Waals surface area contributed by atoms with Crippen molar-refractivity contribution in [2.45, 2.75) is 18.7 Å². The maximum Gasteiger partial charge on any atom is 0.345 e. The molecule has 1 atom stereocenters. The highest BCUT2D eigenvalue weighted by Gasteiger charge is 2.22. The minimum absolute atomic E-state index is 0.0660. The van der Waals surface area contributed by atoms with E-state index in [1.165, 1.54) is 12.5 Å². The lowest BCUT2D eigenvalue weighted by Gasteiger charge is -2.14. The van der Waals surface area contributed by atoms with Crippen molar-refractivity contribution >= 4 is 21.1 Å². The second-order valence-corrected chi connectivity index (χ2v) is 7.63. The lowest BCUT2D eigenvalue weighted by Crippen LogP contribution is -2.43. The summed E-state index contributed by atoms with van der Waals surface area (Å²) in [7, 11) is -8.58. The number of carbonyl (C=O) groups excluding carboxylic acids is 1. The SMILES string of the molecule is NC(=O)[C@H](Cc1cn(CP(=O)(O)O)cn1)NCP(=O)(O)O. The van der Waals surface area contributed by atoms with E-state index in [-0.39, 0.29) is 6.42 Å². The molecule has 0 saturated carbocycles. The average molecular weight is 342 g/mol. The molecule has 120 valence electrons. The Morgan fingerprint density at radius 2 is 1.95 bits per heavy atom. The second-order valence-electron chi connectivity index (χ2n) is 4.37. The Labute approximate surface area is 119 Å². The zero-order valence-electron chi connectivity index (χ0n) is 10.7. The van der Waals surface area contributed by atoms with Crippen LogP contribution < -0.4 is 11.1 Å². The van der Waals surface area contributed by atoms with Crippen LogP contribution in [0.3, 0.4) is 0 Å². The van der Waals surface area contributed by atoms with Gasteiger partial charge in [0, 0.05) is 12.6 Å². The van der Waals surface area contributed by atoms with E-state index in [1.54, 1.807) is 0 Å². The Kier molecular flexibility index (Phi) is 5.83. The lowest BCUT2D eigenvalue weighted by molar-refractivity contribution is -0.119. The van der Waals surface area contributed by atoms with Gasteiger partial charge in [-0.1, -0.05) is 0 Å². The quantitative estimate of drug-likeness (QED) is 0.294. The summed E-state index contributed by atoms with van der Waals surface area (Å²) < 4.78 is 22.7. The van der Waals surface area contributed by atoms with Crippen LogP contribution in [0.25, 0.3) is 0 Å². The number of imidazole rings is 1. The van der Waals surface area contributed by atoms with Gasteiger partial charge in [0.2, 0.25) is 5.91 Å². The molecule has 1 heterocycles. The molecule has 1 rings (SSSR count). The first-order valence-corrected chi connectivity index (χ1v) is 9.18. The smallest absolute Gasteiger partial charge is 0.345 e. The van der Waals surface area contributed by atoms with Gasteiger partial charge in [0.05, 0.1) is 24.3 Å². The second kappa shape index (κ2) is 6.80. The number of rotatable bonds is 8. The van der Waals surface area contributed by atoms with E-state index in [4.69, 9.17) is 25.3 Å². The first-order valence-electron chi connectivity index (χ1n) is 5.59. The van der Waals surface area contributed by atoms with Gasteiger partial charge >= 0.3 is 15.2 Å². The van der Waals surface area contributed by atoms with Crippen LogP contribution in [0, 0.1) is 0 Å². The summed E-state index contributed by atoms with van der Waals surface area (Å²) in [6, 6.07) is -1.06. The Morgan fingerprint density at radius 1 is 1.33 bits per heavy atom. The van der Waals surface area contributed by atoms with Crippen LogP contribution in [0.4, 0.5) is 0 Å². The van der Waals surface area contributed by atoms with Crippen LogP contribution in [0.1, 0.15) is 5.69 Å². The molecular formula is C8H16N4O7P2. The topological polar surface area (TPSA) is 188 Å². The zero-order chi connectivity index (χ0) is 16.3. The summed E-state index contributed by atoms with van der Waals surface area (Å²) in [6.07, 6.45) is 1.15. The largest absolute Gasteiger partial charge is 0.368 e. The molecule has 1 amide bonds. The van der Waals surface area contributed by atoms with Crippen LogP contribution in [0.5, 0.6) is 0 Å². The van der Waals surface area contributed by atoms with Crippen molar-refractivity contribution in [3.63, 3.8) is 0 Å². The summed E-state index contributed by atoms with van der Waals surface area (Å²) in [4.78, 5) is 50.1. The van der Waals surface area contributed by atoms with E-state index in [1.807, 2.05) is 0 Å². The monoisotopic (exact) mass is 342 g/mol. The molecule has 1 aromatic rings. The fourth-order valence-electron chi connectivity index (χ4n) is 1.51. The molecule has 11 nitrogen and oxygen atoms in total. The number of amides is 1. The van der Waals surface area contributed by atoms with Gasteiger partial charge in [0.15, 0.2) is 0 Å². The average Bonchev–Trinajstić information content (AvgIpc) is 2.67. The fourth-order valence-corrected chi connectivity index (χ4v) is 2.55. The molecular weight excluding hydrogens is 326 g/mol. The molecule has 0 aromatic carbocycles. The highest BCUT2D eigenvalue weighted by atomic mass is 31.2. The van der Waals surface area contributed by atoms with Crippen molar-refractivity contribution in [3.8, 4) is 0 Å². The maximum atomic E-state index is 11.2. The highest BCUT2D eigenvalue weighted by Crippen LogP contribution is 2.36. The molecule has 1 aromatic heterocycles. The van der Waals surface area contributed by atoms with Gasteiger partial charge in [0.1, 0.15) is 6.29 Å². The van der Waals surface area contributed by atoms with Crippen molar-refractivity contribution in [3.05, 3.63) is 18.2 Å². The van der Waals surface area contributed by atoms with E-state index in [0.29, 0.717) is 5.69 Å². The summed E-state index contributed by atoms with van der Waals surface area (Å²) in [5, 5.41) is 2.32. The van der Waals surface area contributed by atoms with Crippen molar-refractivity contribution in [1.82, 2.24) is 14.9 Å². The van der Waals surface area contributed by atoms with Crippen molar-refractivity contribution < 1.29 is 33.5 Å². The van der Waals surface area contributed by atoms with Gasteiger partial charge in [-0.2, -0.15) is 0 Å². The Morgan fingerprint density at radius 3 is 2.43 bits per heavy atom. The highest BCUT2D eigenvalue weighted by molar-refractivity contribution is 7.51. The Bertz CT molecular complexity index is 591. The standard InChI is InChI=1S/C8H16N4O7P2/c9-8(13)7(11-4-20(14,15)16)1-6-2-12(3-10-6)5-21(17,18)19/h2-3,7,11H,1,4-5H2,(H2,9,13)(H2,14,15,16)(H2,17,18,19)/t7-/m0/s1. The summed E-state index contributed by atoms with van der Waals surface area (Å²) in [5.41, 5.74) is 5.41. The van der Waals surface area contributed by atoms with Crippen LogP contribution >= 0.6 is 15.2 Å². The number of primary amides is 1. The number of nitrogens with one attached hydrogen (secondary N) is 1. The lowest BCUT2D eigenvalue weighted by atomic mass is 10.1. The first-order chi connectivity index (χ1) is 9.46. The van der Waals surface area contributed by atoms with Gasteiger partial charge in [-0.25, -0.2) is 4.98 Å². The molecule has 0 bridgehead atoms. The van der Waals surface area contributed by atoms with Gasteiger partial charge in [-0.05, 0) is 0 Å². The Balaban J connectivity index is 2.70. The Hall–Kier alpha value is -1.06. The molecule has 13 heteroatoms. The molecule has 7 N–H and O–H groups in total. The number of hydrogen-bond acceptors (Lipinski definition) is 5. The number of hydrogen-bond donors (Lipinski definition) is 6. The number of carbonyl (C=O) groups is 1. The van der Waals surface area contributed by atoms with E-state index in [2.05, 4.69) is 10.3 Å². The van der Waals surface area contributed by atoms with Gasteiger partial charge in [0.25, 0.3) is 0 Å². The van der Waals surface area contributed by atoms with Crippen LogP contribution in [-0.4, -0.2) is 47.4 Å². The fraction of sp³-hybridized carbons (Fsp3) is 0.500. The third kappa shape index (κ3) is 7.49. The first kappa shape index (κ1) is 18.0. The van der Waals surface area contributed by atoms with Crippen molar-refractivity contribution in [1.29, 1.82) is 0 Å². The molecule has 21 heavy (non-hydrogen) atoms. The van der Waals surface area contributed by atoms with E-state index in [0.717, 1.165) is 4.57 Å². The summed E-state index contributed by atoms with van der Waals surface area (Å²) in [5.74, 6) is -0.826. The van der Waals surface area contributed by atoms with Crippen LogP contribution in [-0.2, 0) is 26.6 Å². The molecule has 0 radical (unpaired) electrons. The van der Waals surface area contributed by atoms with Gasteiger partial charge in [-0.15, -0.1) is 0 Å². The zero-order valence-corrected chi connectivity index (χ0v) is 12.5. The molecule has 0 fully saturated rings. The predicted octanol–water partition coefficient (Wildman–Crippen LogP) is -1.86. The molecule has 0 unspecified atom stereocenters. The third-order valence-electron chi connectivity index (χ3n) is 2.33. The van der Waals surface area contributed by atoms with Crippen LogP contribution in [0.15, 0.2) is 12.5 Å². The van der Waals surface area contributed by atoms with E-state index >= 15 is 0 Å². The van der Waals surface area contributed by atoms with Gasteiger partial charge < -0.3 is 29.9 Å². The van der Waals surface area contributed by atoms with E-state index in [9.17, 15) is 13.9 Å². The third-order valence-corrected chi connectivity index (χ3v) is 3.62. The summed E-state index contributed by atoms with van der Waals surface area (Å²) >= 11 is 0. The number of aromatic nitrogens is 2. The maximum absolute atomic E-state index is 11.2. The van der Waals surface area contributed by atoms with E-state index < -0.39 is 39.7 Å². The minimum atomic E-state index is -4.33. The number of nitrogens with two attached hydrogens (primary N) is 1. The predicted molar refractivity (Wildman–Crippen MR) is 71.0 cm³/mol. The number of nitrogens with zero attached hydrogens (tertiary/aromatic N) is 2. The van der Waals surface area contributed by atoms with Crippen LogP contribution in [0.2, 0.25) is 0 Å². The molecule has 0 spiro atoms.